The Bertz CT molecular complexity index is 395. The molecule has 0 aliphatic heterocycles. The van der Waals surface area contributed by atoms with Gasteiger partial charge in [0.15, 0.2) is 0 Å². The first-order chi connectivity index (χ1) is 6.86. The molecule has 0 atom stereocenters. The molecular weight excluding hydrogens is 210 g/mol. The van der Waals surface area contributed by atoms with Gasteiger partial charge in [-0.1, -0.05) is 24.3 Å². The molecule has 0 spiro atoms. The predicted molar refractivity (Wildman–Crippen MR) is 64.7 cm³/mol. The lowest BCUT2D eigenvalue weighted by Crippen LogP contribution is -1.90. The maximum atomic E-state index is 5.85. The van der Waals surface area contributed by atoms with Crippen molar-refractivity contribution < 1.29 is 0 Å². The van der Waals surface area contributed by atoms with E-state index in [1.165, 1.54) is 9.77 Å². The van der Waals surface area contributed by atoms with Gasteiger partial charge < -0.3 is 5.73 Å². The summed E-state index contributed by atoms with van der Waals surface area (Å²) in [4.78, 5) is 0. The molecule has 2 rings (SSSR count). The van der Waals surface area contributed by atoms with Gasteiger partial charge in [-0.25, -0.2) is 0 Å². The number of nitrogen functional groups attached to an aromatic ring is 1. The third kappa shape index (κ3) is 2.30. The molecule has 1 aromatic heterocycles. The summed E-state index contributed by atoms with van der Waals surface area (Å²) in [6.07, 6.45) is 0. The van der Waals surface area contributed by atoms with Crippen LogP contribution in [0.3, 0.4) is 0 Å². The number of thioether (sulfide) groups is 1. The lowest BCUT2D eigenvalue weighted by atomic mass is 10.2. The van der Waals surface area contributed by atoms with E-state index in [1.54, 1.807) is 11.3 Å². The van der Waals surface area contributed by atoms with Gasteiger partial charge in [-0.3, -0.25) is 0 Å². The van der Waals surface area contributed by atoms with Crippen LogP contribution < -0.4 is 5.73 Å². The molecule has 2 N–H and O–H groups in total. The molecule has 1 aromatic carbocycles. The van der Waals surface area contributed by atoms with Crippen LogP contribution >= 0.6 is 23.1 Å². The molecule has 1 heterocycles. The zero-order valence-electron chi connectivity index (χ0n) is 7.64. The average Bonchev–Trinajstić information content (AvgIpc) is 2.69. The average molecular weight is 221 g/mol. The SMILES string of the molecule is Nc1ccccc1CSc1cccs1. The van der Waals surface area contributed by atoms with Gasteiger partial charge in [0.25, 0.3) is 0 Å². The minimum atomic E-state index is 0.886. The first-order valence-corrected chi connectivity index (χ1v) is 6.22. The van der Waals surface area contributed by atoms with E-state index in [2.05, 4.69) is 23.6 Å². The van der Waals surface area contributed by atoms with Crippen molar-refractivity contribution in [2.45, 2.75) is 9.96 Å². The van der Waals surface area contributed by atoms with E-state index >= 15 is 0 Å². The van der Waals surface area contributed by atoms with Gasteiger partial charge >= 0.3 is 0 Å². The molecule has 0 radical (unpaired) electrons. The van der Waals surface area contributed by atoms with E-state index < -0.39 is 0 Å². The molecule has 0 fully saturated rings. The summed E-state index contributed by atoms with van der Waals surface area (Å²) in [5.41, 5.74) is 7.95. The van der Waals surface area contributed by atoms with Crippen LogP contribution in [-0.4, -0.2) is 0 Å². The zero-order valence-corrected chi connectivity index (χ0v) is 9.28. The Morgan fingerprint density at radius 2 is 2.00 bits per heavy atom. The van der Waals surface area contributed by atoms with Crippen LogP contribution in [0.4, 0.5) is 5.69 Å². The van der Waals surface area contributed by atoms with Crippen molar-refractivity contribution in [3.63, 3.8) is 0 Å². The summed E-state index contributed by atoms with van der Waals surface area (Å²) in [5.74, 6) is 0.952. The Kier molecular flexibility index (Phi) is 3.11. The number of rotatable bonds is 3. The Hall–Kier alpha value is -0.930. The minimum Gasteiger partial charge on any atom is -0.398 e. The van der Waals surface area contributed by atoms with Crippen molar-refractivity contribution in [1.29, 1.82) is 0 Å². The lowest BCUT2D eigenvalue weighted by Gasteiger charge is -2.02. The topological polar surface area (TPSA) is 26.0 Å². The van der Waals surface area contributed by atoms with Crippen molar-refractivity contribution in [3.05, 3.63) is 47.3 Å². The van der Waals surface area contributed by atoms with E-state index in [-0.39, 0.29) is 0 Å². The van der Waals surface area contributed by atoms with Gasteiger partial charge in [-0.2, -0.15) is 0 Å². The third-order valence-electron chi connectivity index (χ3n) is 1.92. The molecule has 0 amide bonds. The minimum absolute atomic E-state index is 0.886. The second-order valence-corrected chi connectivity index (χ2v) is 5.14. The highest BCUT2D eigenvalue weighted by Gasteiger charge is 1.99. The molecule has 0 aliphatic rings. The molecule has 0 saturated heterocycles. The number of thiophene rings is 1. The summed E-state index contributed by atoms with van der Waals surface area (Å²) in [7, 11) is 0. The van der Waals surface area contributed by atoms with Gasteiger partial charge in [-0.15, -0.1) is 23.1 Å². The smallest absolute Gasteiger partial charge is 0.0601 e. The molecule has 1 nitrogen and oxygen atoms in total. The van der Waals surface area contributed by atoms with Gasteiger partial charge in [0.05, 0.1) is 4.21 Å². The van der Waals surface area contributed by atoms with Gasteiger partial charge in [0.2, 0.25) is 0 Å². The summed E-state index contributed by atoms with van der Waals surface area (Å²) < 4.78 is 1.34. The van der Waals surface area contributed by atoms with Crippen LogP contribution in [0.25, 0.3) is 0 Å². The number of hydrogen-bond donors (Lipinski definition) is 1. The number of anilines is 1. The molecule has 0 aliphatic carbocycles. The van der Waals surface area contributed by atoms with E-state index in [1.807, 2.05) is 30.0 Å². The first kappa shape index (κ1) is 9.62. The van der Waals surface area contributed by atoms with Crippen LogP contribution in [0.1, 0.15) is 5.56 Å². The molecular formula is C11H11NS2. The predicted octanol–water partition coefficient (Wildman–Crippen LogP) is 3.62. The van der Waals surface area contributed by atoms with E-state index in [0.29, 0.717) is 0 Å². The Balaban J connectivity index is 2.02. The second kappa shape index (κ2) is 4.53. The molecule has 2 aromatic rings. The fourth-order valence-electron chi connectivity index (χ4n) is 1.16. The molecule has 0 bridgehead atoms. The van der Waals surface area contributed by atoms with Crippen LogP contribution in [0, 0.1) is 0 Å². The zero-order chi connectivity index (χ0) is 9.80. The third-order valence-corrected chi connectivity index (χ3v) is 4.10. The van der Waals surface area contributed by atoms with E-state index in [9.17, 15) is 0 Å². The molecule has 72 valence electrons. The summed E-state index contributed by atoms with van der Waals surface area (Å²) in [6, 6.07) is 12.2. The number of benzene rings is 1. The molecule has 3 heteroatoms. The number of nitrogens with two attached hydrogens (primary N) is 1. The van der Waals surface area contributed by atoms with E-state index in [0.717, 1.165) is 11.4 Å². The van der Waals surface area contributed by atoms with Crippen molar-refractivity contribution in [2.75, 3.05) is 5.73 Å². The van der Waals surface area contributed by atoms with Crippen LogP contribution in [0.2, 0.25) is 0 Å². The highest BCUT2D eigenvalue weighted by atomic mass is 32.2. The Morgan fingerprint density at radius 1 is 1.14 bits per heavy atom. The van der Waals surface area contributed by atoms with Crippen molar-refractivity contribution >= 4 is 28.8 Å². The van der Waals surface area contributed by atoms with Crippen LogP contribution in [0.5, 0.6) is 0 Å². The fraction of sp³-hybridized carbons (Fsp3) is 0.0909. The van der Waals surface area contributed by atoms with Gasteiger partial charge in [-0.05, 0) is 23.1 Å². The largest absolute Gasteiger partial charge is 0.398 e. The standard InChI is InChI=1S/C11H11NS2/c12-10-5-2-1-4-9(10)8-14-11-6-3-7-13-11/h1-7H,8,12H2. The summed E-state index contributed by atoms with van der Waals surface area (Å²) in [6.45, 7) is 0. The second-order valence-electron chi connectivity index (χ2n) is 2.92. The van der Waals surface area contributed by atoms with Crippen molar-refractivity contribution in [3.8, 4) is 0 Å². The maximum absolute atomic E-state index is 5.85. The molecule has 14 heavy (non-hydrogen) atoms. The normalized spacial score (nSPS) is 10.3. The number of para-hydroxylation sites is 1. The lowest BCUT2D eigenvalue weighted by molar-refractivity contribution is 1.41. The summed E-state index contributed by atoms with van der Waals surface area (Å²) >= 11 is 3.60. The Morgan fingerprint density at radius 3 is 2.71 bits per heavy atom. The highest BCUT2D eigenvalue weighted by molar-refractivity contribution is 8.00. The molecule has 0 unspecified atom stereocenters. The summed E-state index contributed by atoms with van der Waals surface area (Å²) in [5, 5.41) is 2.09. The van der Waals surface area contributed by atoms with Crippen molar-refractivity contribution in [1.82, 2.24) is 0 Å². The monoisotopic (exact) mass is 221 g/mol. The first-order valence-electron chi connectivity index (χ1n) is 4.36. The molecule has 0 saturated carbocycles. The van der Waals surface area contributed by atoms with Crippen LogP contribution in [0.15, 0.2) is 46.0 Å². The highest BCUT2D eigenvalue weighted by Crippen LogP contribution is 2.28. The maximum Gasteiger partial charge on any atom is 0.0601 e. The number of hydrogen-bond acceptors (Lipinski definition) is 3. The van der Waals surface area contributed by atoms with Gasteiger partial charge in [0, 0.05) is 11.4 Å². The van der Waals surface area contributed by atoms with E-state index in [4.69, 9.17) is 5.73 Å². The fourth-order valence-corrected chi connectivity index (χ4v) is 2.96. The van der Waals surface area contributed by atoms with Gasteiger partial charge in [0.1, 0.15) is 0 Å². The van der Waals surface area contributed by atoms with Crippen molar-refractivity contribution in [2.24, 2.45) is 0 Å². The van der Waals surface area contributed by atoms with Crippen LogP contribution in [-0.2, 0) is 5.75 Å². The quantitative estimate of drug-likeness (QED) is 0.633. The Labute approximate surface area is 92.0 Å².